The third-order valence-corrected chi connectivity index (χ3v) is 4.76. The van der Waals surface area contributed by atoms with Gasteiger partial charge in [0.05, 0.1) is 26.3 Å². The predicted octanol–water partition coefficient (Wildman–Crippen LogP) is 1.18. The Morgan fingerprint density at radius 2 is 2.00 bits per heavy atom. The minimum Gasteiger partial charge on any atom is -0.378 e. The third-order valence-electron chi connectivity index (χ3n) is 4.76. The average Bonchev–Trinajstić information content (AvgIpc) is 2.72. The van der Waals surface area contributed by atoms with Crippen LogP contribution in [0.25, 0.3) is 0 Å². The Morgan fingerprint density at radius 1 is 1.29 bits per heavy atom. The van der Waals surface area contributed by atoms with Crippen LogP contribution in [-0.2, 0) is 16.1 Å². The maximum atomic E-state index is 12.4. The third kappa shape index (κ3) is 6.09. The molecule has 2 rings (SSSR count). The number of hydrogen-bond donors (Lipinski definition) is 1. The van der Waals surface area contributed by atoms with E-state index in [1.165, 1.54) is 0 Å². The number of rotatable bonds is 8. The summed E-state index contributed by atoms with van der Waals surface area (Å²) in [5, 5.41) is 3.28. The summed E-state index contributed by atoms with van der Waals surface area (Å²) in [6.45, 7) is 12.1. The van der Waals surface area contributed by atoms with Crippen molar-refractivity contribution in [1.29, 1.82) is 0 Å². The first-order valence-corrected chi connectivity index (χ1v) is 10.1. The van der Waals surface area contributed by atoms with Crippen molar-refractivity contribution in [3.63, 3.8) is 0 Å². The van der Waals surface area contributed by atoms with E-state index in [-0.39, 0.29) is 5.91 Å². The van der Waals surface area contributed by atoms with E-state index in [2.05, 4.69) is 21.3 Å². The zero-order chi connectivity index (χ0) is 20.4. The summed E-state index contributed by atoms with van der Waals surface area (Å²) in [7, 11) is 1.90. The quantitative estimate of drug-likeness (QED) is 0.531. The molecule has 8 heteroatoms. The number of aliphatic imine (C=N–C) groups is 1. The van der Waals surface area contributed by atoms with Crippen LogP contribution in [0.3, 0.4) is 0 Å². The number of ether oxygens (including phenoxy) is 1. The maximum absolute atomic E-state index is 12.4. The molecule has 1 aromatic heterocycles. The summed E-state index contributed by atoms with van der Waals surface area (Å²) < 4.78 is 5.45. The fraction of sp³-hybridized carbons (Fsp3) is 0.650. The molecule has 1 saturated heterocycles. The van der Waals surface area contributed by atoms with Gasteiger partial charge in [-0.2, -0.15) is 0 Å². The fourth-order valence-electron chi connectivity index (χ4n) is 3.20. The molecule has 8 nitrogen and oxygen atoms in total. The van der Waals surface area contributed by atoms with Crippen molar-refractivity contribution in [1.82, 2.24) is 20.1 Å². The highest BCUT2D eigenvalue weighted by Gasteiger charge is 2.17. The monoisotopic (exact) mass is 390 g/mol. The predicted molar refractivity (Wildman–Crippen MR) is 113 cm³/mol. The lowest BCUT2D eigenvalue weighted by Gasteiger charge is -2.29. The summed E-state index contributed by atoms with van der Waals surface area (Å²) in [6.07, 6.45) is 1.82. The number of nitrogens with zero attached hydrogens (tertiary/aromatic N) is 5. The van der Waals surface area contributed by atoms with Crippen LogP contribution in [0.5, 0.6) is 0 Å². The van der Waals surface area contributed by atoms with Gasteiger partial charge in [0.15, 0.2) is 5.96 Å². The number of guanidine groups is 1. The molecule has 0 saturated carbocycles. The lowest BCUT2D eigenvalue weighted by Crippen LogP contribution is -2.45. The van der Waals surface area contributed by atoms with Gasteiger partial charge >= 0.3 is 0 Å². The topological polar surface area (TPSA) is 73.3 Å². The van der Waals surface area contributed by atoms with Crippen LogP contribution < -0.4 is 10.2 Å². The minimum absolute atomic E-state index is 0.105. The molecule has 1 N–H and O–H groups in total. The maximum Gasteiger partial charge on any atom is 0.242 e. The Bertz CT molecular complexity index is 641. The molecule has 1 fully saturated rings. The smallest absolute Gasteiger partial charge is 0.242 e. The van der Waals surface area contributed by atoms with E-state index in [0.29, 0.717) is 13.1 Å². The molecule has 28 heavy (non-hydrogen) atoms. The summed E-state index contributed by atoms with van der Waals surface area (Å²) >= 11 is 0. The van der Waals surface area contributed by atoms with E-state index >= 15 is 0 Å². The number of anilines is 1. The Labute approximate surface area is 168 Å². The van der Waals surface area contributed by atoms with Crippen molar-refractivity contribution in [2.45, 2.75) is 27.3 Å². The molecule has 1 aliphatic rings. The zero-order valence-corrected chi connectivity index (χ0v) is 17.6. The number of nitrogens with one attached hydrogen (secondary N) is 1. The number of morpholine rings is 1. The van der Waals surface area contributed by atoms with Crippen molar-refractivity contribution in [3.8, 4) is 0 Å². The van der Waals surface area contributed by atoms with Crippen molar-refractivity contribution in [2.24, 2.45) is 4.99 Å². The molecule has 0 atom stereocenters. The van der Waals surface area contributed by atoms with Crippen LogP contribution in [0.4, 0.5) is 5.82 Å². The second kappa shape index (κ2) is 11.5. The summed E-state index contributed by atoms with van der Waals surface area (Å²) in [6, 6.07) is 4.00. The highest BCUT2D eigenvalue weighted by molar-refractivity contribution is 5.86. The molecular formula is C20H34N6O2. The summed E-state index contributed by atoms with van der Waals surface area (Å²) in [5.74, 6) is 1.79. The van der Waals surface area contributed by atoms with E-state index in [0.717, 1.165) is 63.3 Å². The SMILES string of the molecule is CCNC(=NCc1cccnc1N1CCOCC1)N(C)CC(=O)N(CC)CC. The molecule has 1 amide bonds. The van der Waals surface area contributed by atoms with Crippen LogP contribution in [0.2, 0.25) is 0 Å². The zero-order valence-electron chi connectivity index (χ0n) is 17.6. The molecule has 0 bridgehead atoms. The minimum atomic E-state index is 0.105. The van der Waals surface area contributed by atoms with Crippen molar-refractivity contribution in [2.75, 3.05) is 64.4 Å². The van der Waals surface area contributed by atoms with E-state index in [9.17, 15) is 4.79 Å². The Balaban J connectivity index is 2.11. The van der Waals surface area contributed by atoms with Gasteiger partial charge in [-0.15, -0.1) is 0 Å². The van der Waals surface area contributed by atoms with Crippen molar-refractivity contribution < 1.29 is 9.53 Å². The van der Waals surface area contributed by atoms with Gasteiger partial charge in [0.25, 0.3) is 0 Å². The standard InChI is InChI=1S/C20H34N6O2/c1-5-21-20(24(4)16-18(27)25(6-2)7-3)23-15-17-9-8-10-22-19(17)26-11-13-28-14-12-26/h8-10H,5-7,11-16H2,1-4H3,(H,21,23). The molecule has 0 aliphatic carbocycles. The largest absolute Gasteiger partial charge is 0.378 e. The van der Waals surface area contributed by atoms with Crippen molar-refractivity contribution in [3.05, 3.63) is 23.9 Å². The highest BCUT2D eigenvalue weighted by atomic mass is 16.5. The van der Waals surface area contributed by atoms with Gasteiger partial charge in [0.2, 0.25) is 5.91 Å². The molecule has 2 heterocycles. The lowest BCUT2D eigenvalue weighted by molar-refractivity contribution is -0.131. The van der Waals surface area contributed by atoms with Crippen LogP contribution in [0.15, 0.2) is 23.3 Å². The molecule has 0 unspecified atom stereocenters. The number of amides is 1. The number of hydrogen-bond acceptors (Lipinski definition) is 5. The number of pyridine rings is 1. The molecule has 0 spiro atoms. The van der Waals surface area contributed by atoms with Gasteiger partial charge < -0.3 is 24.8 Å². The number of aromatic nitrogens is 1. The summed E-state index contributed by atoms with van der Waals surface area (Å²) in [5.41, 5.74) is 1.07. The molecule has 1 aromatic rings. The van der Waals surface area contributed by atoms with E-state index in [1.54, 1.807) is 0 Å². The van der Waals surface area contributed by atoms with E-state index in [4.69, 9.17) is 9.73 Å². The Hall–Kier alpha value is -2.35. The highest BCUT2D eigenvalue weighted by Crippen LogP contribution is 2.19. The van der Waals surface area contributed by atoms with Gasteiger partial charge in [-0.25, -0.2) is 9.98 Å². The second-order valence-electron chi connectivity index (χ2n) is 6.68. The van der Waals surface area contributed by atoms with Gasteiger partial charge in [-0.3, -0.25) is 4.79 Å². The lowest BCUT2D eigenvalue weighted by atomic mass is 10.2. The summed E-state index contributed by atoms with van der Waals surface area (Å²) in [4.78, 5) is 27.7. The molecule has 156 valence electrons. The molecule has 0 aromatic carbocycles. The normalized spacial score (nSPS) is 14.7. The molecular weight excluding hydrogens is 356 g/mol. The number of carbonyl (C=O) groups excluding carboxylic acids is 1. The van der Waals surface area contributed by atoms with Crippen LogP contribution >= 0.6 is 0 Å². The fourth-order valence-corrected chi connectivity index (χ4v) is 3.20. The second-order valence-corrected chi connectivity index (χ2v) is 6.68. The first-order valence-electron chi connectivity index (χ1n) is 10.1. The van der Waals surface area contributed by atoms with E-state index in [1.807, 2.05) is 49.9 Å². The Morgan fingerprint density at radius 3 is 2.64 bits per heavy atom. The van der Waals surface area contributed by atoms with Crippen LogP contribution in [-0.4, -0.2) is 86.2 Å². The first kappa shape index (κ1) is 21.9. The van der Waals surface area contributed by atoms with Gasteiger partial charge in [-0.05, 0) is 26.8 Å². The van der Waals surface area contributed by atoms with Crippen LogP contribution in [0.1, 0.15) is 26.3 Å². The van der Waals surface area contributed by atoms with Crippen molar-refractivity contribution >= 4 is 17.7 Å². The Kier molecular flexibility index (Phi) is 9.00. The van der Waals surface area contributed by atoms with E-state index < -0.39 is 0 Å². The average molecular weight is 391 g/mol. The van der Waals surface area contributed by atoms with Gasteiger partial charge in [0, 0.05) is 51.5 Å². The van der Waals surface area contributed by atoms with Gasteiger partial charge in [-0.1, -0.05) is 6.07 Å². The molecule has 0 radical (unpaired) electrons. The van der Waals surface area contributed by atoms with Crippen LogP contribution in [0, 0.1) is 0 Å². The van der Waals surface area contributed by atoms with Gasteiger partial charge in [0.1, 0.15) is 5.82 Å². The number of carbonyl (C=O) groups is 1. The number of likely N-dealkylation sites (N-methyl/N-ethyl adjacent to an activating group) is 2. The first-order chi connectivity index (χ1) is 13.6. The molecule has 1 aliphatic heterocycles.